The van der Waals surface area contributed by atoms with Crippen molar-refractivity contribution in [3.63, 3.8) is 0 Å². The second kappa shape index (κ2) is 2.83. The SMILES string of the molecule is Cc1c2c(c(C)c3c1CNC3)CCC2. The third kappa shape index (κ3) is 0.936. The fraction of sp³-hybridized carbons (Fsp3) is 0.538. The standard InChI is InChI=1S/C13H17N/c1-8-10-4-3-5-11(10)9(2)13-7-14-6-12(8)13/h14H,3-7H2,1-2H3. The van der Waals surface area contributed by atoms with Crippen molar-refractivity contribution in [1.82, 2.24) is 5.32 Å². The minimum absolute atomic E-state index is 1.09. The first kappa shape index (κ1) is 8.49. The average molecular weight is 187 g/mol. The molecule has 0 atom stereocenters. The third-order valence-electron chi connectivity index (χ3n) is 4.00. The summed E-state index contributed by atoms with van der Waals surface area (Å²) in [4.78, 5) is 0. The maximum atomic E-state index is 3.47. The van der Waals surface area contributed by atoms with Gasteiger partial charge in [0.05, 0.1) is 0 Å². The van der Waals surface area contributed by atoms with Crippen LogP contribution in [0.1, 0.15) is 39.8 Å². The summed E-state index contributed by atoms with van der Waals surface area (Å²) in [5.41, 5.74) is 9.72. The molecule has 0 saturated carbocycles. The highest BCUT2D eigenvalue weighted by atomic mass is 14.9. The smallest absolute Gasteiger partial charge is 0.0214 e. The van der Waals surface area contributed by atoms with Gasteiger partial charge < -0.3 is 5.32 Å². The molecule has 0 fully saturated rings. The van der Waals surface area contributed by atoms with Gasteiger partial charge in [0.2, 0.25) is 0 Å². The minimum Gasteiger partial charge on any atom is -0.309 e. The maximum Gasteiger partial charge on any atom is 0.0214 e. The lowest BCUT2D eigenvalue weighted by atomic mass is 9.90. The average Bonchev–Trinajstić information content (AvgIpc) is 2.82. The third-order valence-corrected chi connectivity index (χ3v) is 4.00. The van der Waals surface area contributed by atoms with E-state index in [2.05, 4.69) is 19.2 Å². The van der Waals surface area contributed by atoms with E-state index < -0.39 is 0 Å². The first-order valence-corrected chi connectivity index (χ1v) is 5.62. The summed E-state index contributed by atoms with van der Waals surface area (Å²) in [6.45, 7) is 6.81. The lowest BCUT2D eigenvalue weighted by Gasteiger charge is -2.14. The Kier molecular flexibility index (Phi) is 1.72. The van der Waals surface area contributed by atoms with Gasteiger partial charge in [0, 0.05) is 13.1 Å². The van der Waals surface area contributed by atoms with Crippen LogP contribution in [-0.2, 0) is 25.9 Å². The fourth-order valence-corrected chi connectivity index (χ4v) is 3.18. The van der Waals surface area contributed by atoms with E-state index in [9.17, 15) is 0 Å². The van der Waals surface area contributed by atoms with Crippen LogP contribution in [0.5, 0.6) is 0 Å². The fourth-order valence-electron chi connectivity index (χ4n) is 3.18. The van der Waals surface area contributed by atoms with Gasteiger partial charge in [-0.3, -0.25) is 0 Å². The van der Waals surface area contributed by atoms with Crippen molar-refractivity contribution in [2.24, 2.45) is 0 Å². The number of nitrogens with one attached hydrogen (secondary N) is 1. The molecule has 1 heterocycles. The molecule has 0 bridgehead atoms. The van der Waals surface area contributed by atoms with E-state index in [1.165, 1.54) is 19.3 Å². The molecule has 1 aromatic rings. The zero-order valence-electron chi connectivity index (χ0n) is 9.04. The Balaban J connectivity index is 2.33. The molecular weight excluding hydrogens is 170 g/mol. The van der Waals surface area contributed by atoms with Crippen LogP contribution in [0.15, 0.2) is 0 Å². The van der Waals surface area contributed by atoms with Gasteiger partial charge in [-0.1, -0.05) is 0 Å². The summed E-state index contributed by atoms with van der Waals surface area (Å²) >= 11 is 0. The molecule has 1 aromatic carbocycles. The van der Waals surface area contributed by atoms with Crippen molar-refractivity contribution in [2.75, 3.05) is 0 Å². The molecular formula is C13H17N. The van der Waals surface area contributed by atoms with Gasteiger partial charge in [0.25, 0.3) is 0 Å². The molecule has 3 rings (SSSR count). The number of benzene rings is 1. The zero-order chi connectivity index (χ0) is 9.71. The summed E-state index contributed by atoms with van der Waals surface area (Å²) in [6, 6.07) is 0. The maximum absolute atomic E-state index is 3.47. The van der Waals surface area contributed by atoms with Gasteiger partial charge >= 0.3 is 0 Å². The molecule has 0 saturated heterocycles. The van der Waals surface area contributed by atoms with Crippen molar-refractivity contribution in [2.45, 2.75) is 46.2 Å². The summed E-state index contributed by atoms with van der Waals surface area (Å²) in [6.07, 6.45) is 4.00. The van der Waals surface area contributed by atoms with Crippen LogP contribution in [0.3, 0.4) is 0 Å². The molecule has 14 heavy (non-hydrogen) atoms. The summed E-state index contributed by atoms with van der Waals surface area (Å²) < 4.78 is 0. The molecule has 1 N–H and O–H groups in total. The molecule has 0 spiro atoms. The molecule has 1 heteroatoms. The van der Waals surface area contributed by atoms with Crippen LogP contribution in [0.2, 0.25) is 0 Å². The molecule has 1 nitrogen and oxygen atoms in total. The predicted octanol–water partition coefficient (Wildman–Crippen LogP) is 2.40. The molecule has 0 radical (unpaired) electrons. The van der Waals surface area contributed by atoms with Crippen molar-refractivity contribution >= 4 is 0 Å². The van der Waals surface area contributed by atoms with Crippen molar-refractivity contribution in [1.29, 1.82) is 0 Å². The van der Waals surface area contributed by atoms with Gasteiger partial charge in [0.1, 0.15) is 0 Å². The van der Waals surface area contributed by atoms with Gasteiger partial charge in [-0.25, -0.2) is 0 Å². The Hall–Kier alpha value is -0.820. The Labute approximate surface area is 85.5 Å². The highest BCUT2D eigenvalue weighted by Crippen LogP contribution is 2.35. The van der Waals surface area contributed by atoms with E-state index in [0.717, 1.165) is 13.1 Å². The van der Waals surface area contributed by atoms with Gasteiger partial charge in [0.15, 0.2) is 0 Å². The minimum atomic E-state index is 1.09. The van der Waals surface area contributed by atoms with E-state index in [0.29, 0.717) is 0 Å². The Morgan fingerprint density at radius 2 is 1.29 bits per heavy atom. The number of hydrogen-bond acceptors (Lipinski definition) is 1. The predicted molar refractivity (Wildman–Crippen MR) is 58.5 cm³/mol. The second-order valence-corrected chi connectivity index (χ2v) is 4.62. The second-order valence-electron chi connectivity index (χ2n) is 4.62. The van der Waals surface area contributed by atoms with Crippen LogP contribution in [0, 0.1) is 13.8 Å². The lowest BCUT2D eigenvalue weighted by molar-refractivity contribution is 0.760. The van der Waals surface area contributed by atoms with Crippen molar-refractivity contribution < 1.29 is 0 Å². The van der Waals surface area contributed by atoms with E-state index in [4.69, 9.17) is 0 Å². The van der Waals surface area contributed by atoms with Crippen molar-refractivity contribution in [3.05, 3.63) is 33.4 Å². The number of hydrogen-bond donors (Lipinski definition) is 1. The molecule has 0 amide bonds. The van der Waals surface area contributed by atoms with Crippen LogP contribution < -0.4 is 5.32 Å². The van der Waals surface area contributed by atoms with Crippen LogP contribution in [-0.4, -0.2) is 0 Å². The van der Waals surface area contributed by atoms with E-state index >= 15 is 0 Å². The molecule has 74 valence electrons. The van der Waals surface area contributed by atoms with Gasteiger partial charge in [-0.2, -0.15) is 0 Å². The number of fused-ring (bicyclic) bond motifs is 2. The number of rotatable bonds is 0. The highest BCUT2D eigenvalue weighted by molar-refractivity contribution is 5.54. The van der Waals surface area contributed by atoms with Gasteiger partial charge in [-0.05, 0) is 66.5 Å². The molecule has 0 aromatic heterocycles. The van der Waals surface area contributed by atoms with E-state index in [1.54, 1.807) is 33.4 Å². The first-order valence-electron chi connectivity index (χ1n) is 5.62. The molecule has 0 unspecified atom stereocenters. The van der Waals surface area contributed by atoms with Gasteiger partial charge in [-0.15, -0.1) is 0 Å². The largest absolute Gasteiger partial charge is 0.309 e. The van der Waals surface area contributed by atoms with E-state index in [1.807, 2.05) is 0 Å². The molecule has 1 aliphatic carbocycles. The highest BCUT2D eigenvalue weighted by Gasteiger charge is 2.24. The normalized spacial score (nSPS) is 18.4. The first-order chi connectivity index (χ1) is 6.79. The summed E-state index contributed by atoms with van der Waals surface area (Å²) in [5, 5.41) is 3.47. The Morgan fingerprint density at radius 1 is 0.786 bits per heavy atom. The molecule has 1 aliphatic heterocycles. The zero-order valence-corrected chi connectivity index (χ0v) is 9.04. The topological polar surface area (TPSA) is 12.0 Å². The Bertz CT molecular complexity index is 332. The van der Waals surface area contributed by atoms with Crippen LogP contribution in [0.4, 0.5) is 0 Å². The van der Waals surface area contributed by atoms with Crippen LogP contribution in [0.25, 0.3) is 0 Å². The quantitative estimate of drug-likeness (QED) is 0.657. The summed E-state index contributed by atoms with van der Waals surface area (Å²) in [7, 11) is 0. The summed E-state index contributed by atoms with van der Waals surface area (Å²) in [5.74, 6) is 0. The van der Waals surface area contributed by atoms with Crippen molar-refractivity contribution in [3.8, 4) is 0 Å². The monoisotopic (exact) mass is 187 g/mol. The van der Waals surface area contributed by atoms with E-state index in [-0.39, 0.29) is 0 Å². The lowest BCUT2D eigenvalue weighted by Crippen LogP contribution is -2.00. The molecule has 2 aliphatic rings. The Morgan fingerprint density at radius 3 is 1.79 bits per heavy atom. The van der Waals surface area contributed by atoms with Crippen LogP contribution >= 0.6 is 0 Å².